The highest BCUT2D eigenvalue weighted by Crippen LogP contribution is 2.34. The fourth-order valence-corrected chi connectivity index (χ4v) is 3.09. The Kier molecular flexibility index (Phi) is 3.68. The molecule has 0 aliphatic carbocycles. The Morgan fingerprint density at radius 2 is 1.95 bits per heavy atom. The van der Waals surface area contributed by atoms with Crippen LogP contribution in [-0.2, 0) is 0 Å². The SMILES string of the molecule is CC(C)n1c(-c2cc(N)ccc2Br)nc2cc(Cl)ccc21. The minimum absolute atomic E-state index is 0.277. The van der Waals surface area contributed by atoms with E-state index in [9.17, 15) is 0 Å². The normalized spacial score (nSPS) is 11.5. The van der Waals surface area contributed by atoms with Gasteiger partial charge in [0.15, 0.2) is 0 Å². The number of aromatic nitrogens is 2. The van der Waals surface area contributed by atoms with Crippen molar-refractivity contribution < 1.29 is 0 Å². The first-order valence-corrected chi connectivity index (χ1v) is 7.87. The number of fused-ring (bicyclic) bond motifs is 1. The van der Waals surface area contributed by atoms with Gasteiger partial charge >= 0.3 is 0 Å². The van der Waals surface area contributed by atoms with E-state index in [-0.39, 0.29) is 6.04 Å². The second kappa shape index (κ2) is 5.35. The van der Waals surface area contributed by atoms with Crippen molar-refractivity contribution in [3.05, 3.63) is 45.9 Å². The number of halogens is 2. The summed E-state index contributed by atoms with van der Waals surface area (Å²) in [6.45, 7) is 4.28. The molecular formula is C16H15BrClN3. The molecule has 0 unspecified atom stereocenters. The molecule has 0 bridgehead atoms. The van der Waals surface area contributed by atoms with Gasteiger partial charge in [-0.15, -0.1) is 0 Å². The van der Waals surface area contributed by atoms with E-state index >= 15 is 0 Å². The van der Waals surface area contributed by atoms with E-state index in [1.54, 1.807) is 0 Å². The first kappa shape index (κ1) is 14.4. The number of hydrogen-bond donors (Lipinski definition) is 1. The highest BCUT2D eigenvalue weighted by atomic mass is 79.9. The van der Waals surface area contributed by atoms with Gasteiger partial charge in [-0.2, -0.15) is 0 Å². The molecule has 2 aromatic carbocycles. The largest absolute Gasteiger partial charge is 0.399 e. The summed E-state index contributed by atoms with van der Waals surface area (Å²) in [5, 5.41) is 0.689. The predicted octanol–water partition coefficient (Wildman–Crippen LogP) is 5.28. The molecule has 0 atom stereocenters. The first-order valence-electron chi connectivity index (χ1n) is 6.70. The summed E-state index contributed by atoms with van der Waals surface area (Å²) in [4.78, 5) is 4.76. The minimum atomic E-state index is 0.277. The number of hydrogen-bond acceptors (Lipinski definition) is 2. The maximum Gasteiger partial charge on any atom is 0.142 e. The van der Waals surface area contributed by atoms with Gasteiger partial charge < -0.3 is 10.3 Å². The van der Waals surface area contributed by atoms with Gasteiger partial charge in [0.1, 0.15) is 5.82 Å². The van der Waals surface area contributed by atoms with Crippen molar-refractivity contribution in [2.75, 3.05) is 5.73 Å². The number of nitrogens with two attached hydrogens (primary N) is 1. The van der Waals surface area contributed by atoms with Gasteiger partial charge in [0, 0.05) is 26.8 Å². The number of rotatable bonds is 2. The Hall–Kier alpha value is -1.52. The van der Waals surface area contributed by atoms with Crippen molar-refractivity contribution in [3.63, 3.8) is 0 Å². The molecule has 0 aliphatic heterocycles. The van der Waals surface area contributed by atoms with E-state index in [1.165, 1.54) is 0 Å². The van der Waals surface area contributed by atoms with E-state index in [0.29, 0.717) is 10.7 Å². The fraction of sp³-hybridized carbons (Fsp3) is 0.188. The fourth-order valence-electron chi connectivity index (χ4n) is 2.50. The minimum Gasteiger partial charge on any atom is -0.399 e. The van der Waals surface area contributed by atoms with Crippen molar-refractivity contribution in [1.82, 2.24) is 9.55 Å². The van der Waals surface area contributed by atoms with Crippen molar-refractivity contribution in [2.24, 2.45) is 0 Å². The highest BCUT2D eigenvalue weighted by Gasteiger charge is 2.17. The van der Waals surface area contributed by atoms with Gasteiger partial charge in [0.25, 0.3) is 0 Å². The summed E-state index contributed by atoms with van der Waals surface area (Å²) in [6.07, 6.45) is 0. The van der Waals surface area contributed by atoms with E-state index < -0.39 is 0 Å². The maximum atomic E-state index is 6.08. The van der Waals surface area contributed by atoms with E-state index in [2.05, 4.69) is 34.3 Å². The number of imidazole rings is 1. The lowest BCUT2D eigenvalue weighted by molar-refractivity contribution is 0.624. The van der Waals surface area contributed by atoms with Crippen LogP contribution in [0.4, 0.5) is 5.69 Å². The molecule has 0 amide bonds. The lowest BCUT2D eigenvalue weighted by Gasteiger charge is -2.14. The molecule has 0 saturated carbocycles. The molecule has 108 valence electrons. The molecule has 3 rings (SSSR count). The summed E-state index contributed by atoms with van der Waals surface area (Å²) in [5.74, 6) is 0.890. The molecule has 0 fully saturated rings. The molecule has 0 spiro atoms. The summed E-state index contributed by atoms with van der Waals surface area (Å²) in [5.41, 5.74) is 9.59. The third kappa shape index (κ3) is 2.54. The topological polar surface area (TPSA) is 43.8 Å². The average Bonchev–Trinajstić information content (AvgIpc) is 2.79. The summed E-state index contributed by atoms with van der Waals surface area (Å²) in [7, 11) is 0. The zero-order chi connectivity index (χ0) is 15.1. The highest BCUT2D eigenvalue weighted by molar-refractivity contribution is 9.10. The van der Waals surface area contributed by atoms with Crippen LogP contribution < -0.4 is 5.73 Å². The molecule has 0 saturated heterocycles. The van der Waals surface area contributed by atoms with Gasteiger partial charge in [-0.25, -0.2) is 4.98 Å². The van der Waals surface area contributed by atoms with Crippen LogP contribution in [0.5, 0.6) is 0 Å². The second-order valence-electron chi connectivity index (χ2n) is 5.27. The van der Waals surface area contributed by atoms with Gasteiger partial charge in [-0.1, -0.05) is 27.5 Å². The van der Waals surface area contributed by atoms with Gasteiger partial charge in [-0.3, -0.25) is 0 Å². The Morgan fingerprint density at radius 1 is 1.19 bits per heavy atom. The molecule has 21 heavy (non-hydrogen) atoms. The Morgan fingerprint density at radius 3 is 2.67 bits per heavy atom. The molecule has 1 heterocycles. The van der Waals surface area contributed by atoms with Crippen molar-refractivity contribution >= 4 is 44.3 Å². The number of nitrogens with zero attached hydrogens (tertiary/aromatic N) is 2. The van der Waals surface area contributed by atoms with Crippen LogP contribution >= 0.6 is 27.5 Å². The lowest BCUT2D eigenvalue weighted by atomic mass is 10.2. The van der Waals surface area contributed by atoms with Gasteiger partial charge in [-0.05, 0) is 50.2 Å². The van der Waals surface area contributed by atoms with E-state index in [4.69, 9.17) is 22.3 Å². The van der Waals surface area contributed by atoms with Crippen molar-refractivity contribution in [3.8, 4) is 11.4 Å². The second-order valence-corrected chi connectivity index (χ2v) is 6.56. The molecule has 5 heteroatoms. The van der Waals surface area contributed by atoms with Crippen LogP contribution in [0.15, 0.2) is 40.9 Å². The first-order chi connectivity index (χ1) is 9.97. The van der Waals surface area contributed by atoms with Crippen LogP contribution in [0, 0.1) is 0 Å². The number of anilines is 1. The molecule has 3 nitrogen and oxygen atoms in total. The Labute approximate surface area is 136 Å². The van der Waals surface area contributed by atoms with Crippen LogP contribution in [0.25, 0.3) is 22.4 Å². The Balaban J connectivity index is 2.36. The molecule has 2 N–H and O–H groups in total. The third-order valence-electron chi connectivity index (χ3n) is 3.40. The molecule has 1 aromatic heterocycles. The molecular weight excluding hydrogens is 350 g/mol. The molecule has 0 radical (unpaired) electrons. The zero-order valence-corrected chi connectivity index (χ0v) is 14.1. The standard InChI is InChI=1S/C16H15BrClN3/c1-9(2)21-15-6-3-10(18)7-14(15)20-16(21)12-8-11(19)4-5-13(12)17/h3-9H,19H2,1-2H3. The summed E-state index contributed by atoms with van der Waals surface area (Å²) >= 11 is 9.67. The van der Waals surface area contributed by atoms with Gasteiger partial charge in [0.2, 0.25) is 0 Å². The van der Waals surface area contributed by atoms with Crippen LogP contribution in [-0.4, -0.2) is 9.55 Å². The van der Waals surface area contributed by atoms with Crippen LogP contribution in [0.3, 0.4) is 0 Å². The lowest BCUT2D eigenvalue weighted by Crippen LogP contribution is -2.03. The Bertz CT molecular complexity index is 824. The van der Waals surface area contributed by atoms with Gasteiger partial charge in [0.05, 0.1) is 11.0 Å². The van der Waals surface area contributed by atoms with Crippen molar-refractivity contribution in [1.29, 1.82) is 0 Å². The monoisotopic (exact) mass is 363 g/mol. The van der Waals surface area contributed by atoms with Crippen LogP contribution in [0.2, 0.25) is 5.02 Å². The number of benzene rings is 2. The van der Waals surface area contributed by atoms with Crippen molar-refractivity contribution in [2.45, 2.75) is 19.9 Å². The van der Waals surface area contributed by atoms with E-state index in [1.807, 2.05) is 36.4 Å². The maximum absolute atomic E-state index is 6.08. The molecule has 0 aliphatic rings. The summed E-state index contributed by atoms with van der Waals surface area (Å²) < 4.78 is 3.17. The van der Waals surface area contributed by atoms with E-state index in [0.717, 1.165) is 26.9 Å². The quantitative estimate of drug-likeness (QED) is 0.628. The predicted molar refractivity (Wildman–Crippen MR) is 92.7 cm³/mol. The zero-order valence-electron chi connectivity index (χ0n) is 11.8. The molecule has 3 aromatic rings. The summed E-state index contributed by atoms with van der Waals surface area (Å²) in [6, 6.07) is 11.8. The average molecular weight is 365 g/mol. The number of nitrogen functional groups attached to an aromatic ring is 1. The van der Waals surface area contributed by atoms with Crippen LogP contribution in [0.1, 0.15) is 19.9 Å². The smallest absolute Gasteiger partial charge is 0.142 e. The third-order valence-corrected chi connectivity index (χ3v) is 4.33.